The van der Waals surface area contributed by atoms with Gasteiger partial charge in [0, 0.05) is 11.6 Å². The van der Waals surface area contributed by atoms with Crippen LogP contribution in [0, 0.1) is 23.0 Å². The third-order valence-corrected chi connectivity index (χ3v) is 3.75. The Bertz CT molecular complexity index is 786. The number of anilines is 1. The SMILES string of the molecule is C[C@H]([NH2+][C@H](C)C(=O)Nc1ccccc1C#N)c1ccc(F)cc1F. The minimum Gasteiger partial charge on any atom is -0.330 e. The first-order valence-corrected chi connectivity index (χ1v) is 7.52. The molecular weight excluding hydrogens is 312 g/mol. The highest BCUT2D eigenvalue weighted by atomic mass is 19.1. The summed E-state index contributed by atoms with van der Waals surface area (Å²) in [6, 6.07) is 11.2. The van der Waals surface area contributed by atoms with Gasteiger partial charge >= 0.3 is 0 Å². The fourth-order valence-corrected chi connectivity index (χ4v) is 2.43. The van der Waals surface area contributed by atoms with Crippen LogP contribution in [0.2, 0.25) is 0 Å². The van der Waals surface area contributed by atoms with Crippen LogP contribution in [0.3, 0.4) is 0 Å². The maximum Gasteiger partial charge on any atom is 0.282 e. The lowest BCUT2D eigenvalue weighted by Crippen LogP contribution is -2.91. The summed E-state index contributed by atoms with van der Waals surface area (Å²) < 4.78 is 26.8. The molecule has 0 saturated heterocycles. The van der Waals surface area contributed by atoms with Gasteiger partial charge in [0.2, 0.25) is 0 Å². The van der Waals surface area contributed by atoms with Crippen molar-refractivity contribution in [2.24, 2.45) is 0 Å². The molecule has 24 heavy (non-hydrogen) atoms. The summed E-state index contributed by atoms with van der Waals surface area (Å²) in [5.74, 6) is -1.57. The van der Waals surface area contributed by atoms with Crippen molar-refractivity contribution in [3.8, 4) is 6.07 Å². The van der Waals surface area contributed by atoms with Crippen LogP contribution in [0.1, 0.15) is 31.0 Å². The Kier molecular flexibility index (Phi) is 5.61. The third-order valence-electron chi connectivity index (χ3n) is 3.75. The van der Waals surface area contributed by atoms with E-state index in [9.17, 15) is 13.6 Å². The van der Waals surface area contributed by atoms with Crippen molar-refractivity contribution >= 4 is 11.6 Å². The van der Waals surface area contributed by atoms with E-state index in [1.807, 2.05) is 6.07 Å². The smallest absolute Gasteiger partial charge is 0.282 e. The molecule has 0 heterocycles. The van der Waals surface area contributed by atoms with Gasteiger partial charge in [0.25, 0.3) is 5.91 Å². The number of rotatable bonds is 5. The van der Waals surface area contributed by atoms with E-state index in [2.05, 4.69) is 5.32 Å². The number of carbonyl (C=O) groups excluding carboxylic acids is 1. The van der Waals surface area contributed by atoms with Crippen LogP contribution in [0.15, 0.2) is 42.5 Å². The summed E-state index contributed by atoms with van der Waals surface area (Å²) in [6.45, 7) is 3.42. The number of amides is 1. The summed E-state index contributed by atoms with van der Waals surface area (Å²) in [5.41, 5.74) is 1.13. The van der Waals surface area contributed by atoms with Crippen molar-refractivity contribution < 1.29 is 18.9 Å². The molecule has 0 unspecified atom stereocenters. The molecule has 0 fully saturated rings. The molecule has 1 amide bonds. The zero-order valence-electron chi connectivity index (χ0n) is 13.4. The Balaban J connectivity index is 2.04. The minimum atomic E-state index is -0.638. The van der Waals surface area contributed by atoms with E-state index in [0.29, 0.717) is 16.8 Å². The molecule has 0 aliphatic heterocycles. The van der Waals surface area contributed by atoms with Crippen molar-refractivity contribution in [3.05, 3.63) is 65.2 Å². The predicted molar refractivity (Wildman–Crippen MR) is 85.9 cm³/mol. The van der Waals surface area contributed by atoms with Crippen molar-refractivity contribution in [1.82, 2.24) is 0 Å². The summed E-state index contributed by atoms with van der Waals surface area (Å²) in [4.78, 5) is 12.3. The van der Waals surface area contributed by atoms with E-state index in [1.54, 1.807) is 43.4 Å². The van der Waals surface area contributed by atoms with Gasteiger partial charge in [-0.15, -0.1) is 0 Å². The van der Waals surface area contributed by atoms with E-state index >= 15 is 0 Å². The number of quaternary nitrogens is 1. The van der Waals surface area contributed by atoms with Gasteiger partial charge in [0.05, 0.1) is 11.3 Å². The first kappa shape index (κ1) is 17.6. The Morgan fingerprint density at radius 1 is 1.21 bits per heavy atom. The highest BCUT2D eigenvalue weighted by Crippen LogP contribution is 2.16. The highest BCUT2D eigenvalue weighted by molar-refractivity contribution is 5.94. The lowest BCUT2D eigenvalue weighted by molar-refractivity contribution is -0.710. The topological polar surface area (TPSA) is 69.5 Å². The van der Waals surface area contributed by atoms with Crippen LogP contribution in [-0.2, 0) is 4.79 Å². The quantitative estimate of drug-likeness (QED) is 0.884. The molecular formula is C18H18F2N3O+. The molecule has 2 rings (SSSR count). The molecule has 2 atom stereocenters. The molecule has 0 aromatic heterocycles. The first-order valence-electron chi connectivity index (χ1n) is 7.52. The van der Waals surface area contributed by atoms with Gasteiger partial charge in [-0.3, -0.25) is 4.79 Å². The maximum absolute atomic E-state index is 13.8. The van der Waals surface area contributed by atoms with Gasteiger partial charge in [-0.1, -0.05) is 12.1 Å². The van der Waals surface area contributed by atoms with Crippen LogP contribution in [-0.4, -0.2) is 11.9 Å². The number of nitrogens with zero attached hydrogens (tertiary/aromatic N) is 1. The monoisotopic (exact) mass is 330 g/mol. The molecule has 0 aliphatic carbocycles. The van der Waals surface area contributed by atoms with Crippen molar-refractivity contribution in [1.29, 1.82) is 5.26 Å². The average Bonchev–Trinajstić information content (AvgIpc) is 2.55. The molecule has 0 aliphatic rings. The molecule has 3 N–H and O–H groups in total. The number of carbonyl (C=O) groups is 1. The number of benzene rings is 2. The summed E-state index contributed by atoms with van der Waals surface area (Å²) in [5, 5.41) is 13.4. The lowest BCUT2D eigenvalue weighted by atomic mass is 10.1. The Morgan fingerprint density at radius 3 is 2.58 bits per heavy atom. The molecule has 0 saturated carbocycles. The maximum atomic E-state index is 13.8. The Hall–Kier alpha value is -2.78. The third kappa shape index (κ3) is 4.15. The van der Waals surface area contributed by atoms with Crippen LogP contribution >= 0.6 is 0 Å². The van der Waals surface area contributed by atoms with Gasteiger partial charge < -0.3 is 10.6 Å². The average molecular weight is 330 g/mol. The normalized spacial score (nSPS) is 13.0. The Labute approximate surface area is 139 Å². The largest absolute Gasteiger partial charge is 0.330 e. The van der Waals surface area contributed by atoms with Gasteiger partial charge in [-0.25, -0.2) is 8.78 Å². The molecule has 2 aromatic rings. The van der Waals surface area contributed by atoms with Crippen molar-refractivity contribution in [2.75, 3.05) is 5.32 Å². The van der Waals surface area contributed by atoms with Crippen LogP contribution in [0.4, 0.5) is 14.5 Å². The van der Waals surface area contributed by atoms with E-state index in [0.717, 1.165) is 6.07 Å². The number of nitrogens with one attached hydrogen (secondary N) is 1. The number of para-hydroxylation sites is 1. The molecule has 2 aromatic carbocycles. The molecule has 6 heteroatoms. The molecule has 0 bridgehead atoms. The van der Waals surface area contributed by atoms with Gasteiger partial charge in [0.15, 0.2) is 6.04 Å². The minimum absolute atomic E-state index is 0.299. The predicted octanol–water partition coefficient (Wildman–Crippen LogP) is 2.49. The number of nitrogens with two attached hydrogens (primary N) is 1. The van der Waals surface area contributed by atoms with Gasteiger partial charge in [-0.05, 0) is 38.1 Å². The molecule has 124 valence electrons. The standard InChI is InChI=1S/C18H17F2N3O/c1-11(15-8-7-14(19)9-16(15)20)22-12(2)18(24)23-17-6-4-3-5-13(17)10-21/h3-9,11-12,22H,1-2H3,(H,23,24)/p+1/t11-,12+/m0/s1. The molecule has 4 nitrogen and oxygen atoms in total. The second-order valence-corrected chi connectivity index (χ2v) is 5.58. The second-order valence-electron chi connectivity index (χ2n) is 5.58. The van der Waals surface area contributed by atoms with Gasteiger partial charge in [0.1, 0.15) is 23.7 Å². The van der Waals surface area contributed by atoms with E-state index in [4.69, 9.17) is 5.26 Å². The first-order chi connectivity index (χ1) is 11.4. The summed E-state index contributed by atoms with van der Waals surface area (Å²) in [7, 11) is 0. The Morgan fingerprint density at radius 2 is 1.92 bits per heavy atom. The lowest BCUT2D eigenvalue weighted by Gasteiger charge is -2.17. The van der Waals surface area contributed by atoms with Crippen molar-refractivity contribution in [3.63, 3.8) is 0 Å². The van der Waals surface area contributed by atoms with E-state index < -0.39 is 17.7 Å². The summed E-state index contributed by atoms with van der Waals surface area (Å²) >= 11 is 0. The number of nitriles is 1. The second kappa shape index (κ2) is 7.66. The fraction of sp³-hybridized carbons (Fsp3) is 0.222. The highest BCUT2D eigenvalue weighted by Gasteiger charge is 2.23. The van der Waals surface area contributed by atoms with E-state index in [1.165, 1.54) is 12.1 Å². The van der Waals surface area contributed by atoms with Crippen LogP contribution in [0.5, 0.6) is 0 Å². The van der Waals surface area contributed by atoms with Gasteiger partial charge in [-0.2, -0.15) is 5.26 Å². The molecule has 0 spiro atoms. The van der Waals surface area contributed by atoms with Crippen molar-refractivity contribution in [2.45, 2.75) is 25.9 Å². The number of hydrogen-bond acceptors (Lipinski definition) is 2. The molecule has 0 radical (unpaired) electrons. The fourth-order valence-electron chi connectivity index (χ4n) is 2.43. The number of halogens is 2. The zero-order chi connectivity index (χ0) is 17.7. The zero-order valence-corrected chi connectivity index (χ0v) is 13.4. The summed E-state index contributed by atoms with van der Waals surface area (Å²) in [6.07, 6.45) is 0. The van der Waals surface area contributed by atoms with Crippen LogP contribution in [0.25, 0.3) is 0 Å². The van der Waals surface area contributed by atoms with E-state index in [-0.39, 0.29) is 11.9 Å². The number of hydrogen-bond donors (Lipinski definition) is 2. The van der Waals surface area contributed by atoms with Crippen LogP contribution < -0.4 is 10.6 Å².